The van der Waals surface area contributed by atoms with E-state index in [4.69, 9.17) is 11.6 Å². The standard InChI is InChI=1S/C24H18BrClN2O3/c1-13-6-8-16(26)12-19(13)28-21(18-5-3-4-10-27-18)20(23(30)24(28)31)22(29)15-7-9-17(25)14(2)11-15/h3-12,21,29H,1-2H3/b22-20+. The molecule has 0 saturated carbocycles. The van der Waals surface area contributed by atoms with Gasteiger partial charge in [0.1, 0.15) is 11.8 Å². The van der Waals surface area contributed by atoms with Gasteiger partial charge < -0.3 is 5.11 Å². The quantitative estimate of drug-likeness (QED) is 0.284. The number of carbonyl (C=O) groups excluding carboxylic acids is 2. The molecule has 1 aliphatic rings. The molecule has 1 unspecified atom stereocenters. The lowest BCUT2D eigenvalue weighted by atomic mass is 9.97. The van der Waals surface area contributed by atoms with Crippen LogP contribution in [-0.4, -0.2) is 21.8 Å². The second kappa shape index (κ2) is 8.29. The molecule has 0 spiro atoms. The average Bonchev–Trinajstić information content (AvgIpc) is 3.02. The number of hydrogen-bond donors (Lipinski definition) is 1. The van der Waals surface area contributed by atoms with E-state index in [0.29, 0.717) is 22.0 Å². The van der Waals surface area contributed by atoms with Gasteiger partial charge in [-0.05, 0) is 61.4 Å². The van der Waals surface area contributed by atoms with E-state index in [0.717, 1.165) is 15.6 Å². The monoisotopic (exact) mass is 496 g/mol. The summed E-state index contributed by atoms with van der Waals surface area (Å²) in [5.74, 6) is -1.75. The van der Waals surface area contributed by atoms with Crippen molar-refractivity contribution in [2.45, 2.75) is 19.9 Å². The Morgan fingerprint density at radius 2 is 1.84 bits per heavy atom. The Bertz CT molecular complexity index is 1240. The van der Waals surface area contributed by atoms with E-state index in [1.165, 1.54) is 4.90 Å². The van der Waals surface area contributed by atoms with Crippen LogP contribution in [0.2, 0.25) is 5.02 Å². The molecule has 3 aromatic rings. The smallest absolute Gasteiger partial charge is 0.300 e. The number of pyridine rings is 1. The van der Waals surface area contributed by atoms with Gasteiger partial charge in [0.05, 0.1) is 11.3 Å². The molecule has 2 heterocycles. The third kappa shape index (κ3) is 3.77. The number of nitrogens with zero attached hydrogens (tertiary/aromatic N) is 2. The Morgan fingerprint density at radius 3 is 2.52 bits per heavy atom. The highest BCUT2D eigenvalue weighted by atomic mass is 79.9. The lowest BCUT2D eigenvalue weighted by molar-refractivity contribution is -0.132. The number of carbonyl (C=O) groups is 2. The van der Waals surface area contributed by atoms with Crippen LogP contribution in [0, 0.1) is 13.8 Å². The summed E-state index contributed by atoms with van der Waals surface area (Å²) in [6.45, 7) is 3.71. The Morgan fingerprint density at radius 1 is 1.06 bits per heavy atom. The Balaban J connectivity index is 1.98. The lowest BCUT2D eigenvalue weighted by Gasteiger charge is -2.26. The van der Waals surface area contributed by atoms with Gasteiger partial charge in [0.2, 0.25) is 0 Å². The molecule has 0 radical (unpaired) electrons. The van der Waals surface area contributed by atoms with Crippen LogP contribution < -0.4 is 4.90 Å². The van der Waals surface area contributed by atoms with Crippen LogP contribution >= 0.6 is 27.5 Å². The van der Waals surface area contributed by atoms with Crippen LogP contribution in [0.5, 0.6) is 0 Å². The zero-order chi connectivity index (χ0) is 22.3. The number of ketones is 1. The number of aryl methyl sites for hydroxylation is 2. The van der Waals surface area contributed by atoms with Crippen molar-refractivity contribution in [1.82, 2.24) is 4.98 Å². The number of amides is 1. The molecule has 7 heteroatoms. The fourth-order valence-corrected chi connectivity index (χ4v) is 4.10. The summed E-state index contributed by atoms with van der Waals surface area (Å²) < 4.78 is 0.875. The van der Waals surface area contributed by atoms with Gasteiger partial charge in [-0.2, -0.15) is 0 Å². The third-order valence-electron chi connectivity index (χ3n) is 5.27. The number of anilines is 1. The van der Waals surface area contributed by atoms with Crippen molar-refractivity contribution in [2.75, 3.05) is 4.90 Å². The average molecular weight is 498 g/mol. The second-order valence-electron chi connectivity index (χ2n) is 7.32. The number of halogens is 2. The van der Waals surface area contributed by atoms with E-state index < -0.39 is 17.7 Å². The summed E-state index contributed by atoms with van der Waals surface area (Å²) in [6, 6.07) is 14.7. The molecule has 1 atom stereocenters. The van der Waals surface area contributed by atoms with Crippen molar-refractivity contribution in [3.05, 3.63) is 98.2 Å². The number of benzene rings is 2. The molecule has 4 rings (SSSR count). The van der Waals surface area contributed by atoms with Crippen LogP contribution in [0.3, 0.4) is 0 Å². The van der Waals surface area contributed by atoms with Gasteiger partial charge in [0.15, 0.2) is 0 Å². The van der Waals surface area contributed by atoms with Crippen molar-refractivity contribution in [2.24, 2.45) is 0 Å². The van der Waals surface area contributed by atoms with Gasteiger partial charge >= 0.3 is 0 Å². The maximum atomic E-state index is 13.2. The highest BCUT2D eigenvalue weighted by molar-refractivity contribution is 9.10. The first-order chi connectivity index (χ1) is 14.8. The molecule has 1 saturated heterocycles. The predicted octanol–water partition coefficient (Wildman–Crippen LogP) is 5.74. The molecule has 156 valence electrons. The summed E-state index contributed by atoms with van der Waals surface area (Å²) >= 11 is 9.63. The van der Waals surface area contributed by atoms with E-state index >= 15 is 0 Å². The molecule has 1 aliphatic heterocycles. The fraction of sp³-hybridized carbons (Fsp3) is 0.125. The molecule has 1 N–H and O–H groups in total. The van der Waals surface area contributed by atoms with Crippen molar-refractivity contribution in [3.63, 3.8) is 0 Å². The predicted molar refractivity (Wildman–Crippen MR) is 124 cm³/mol. The highest BCUT2D eigenvalue weighted by Gasteiger charge is 2.48. The summed E-state index contributed by atoms with van der Waals surface area (Å²) in [7, 11) is 0. The van der Waals surface area contributed by atoms with Crippen molar-refractivity contribution >= 4 is 50.7 Å². The Kier molecular flexibility index (Phi) is 5.69. The Hall–Kier alpha value is -2.96. The van der Waals surface area contributed by atoms with Gasteiger partial charge in [-0.3, -0.25) is 19.5 Å². The minimum Gasteiger partial charge on any atom is -0.507 e. The summed E-state index contributed by atoms with van der Waals surface area (Å²) in [4.78, 5) is 32.1. The van der Waals surface area contributed by atoms with Crippen LogP contribution in [-0.2, 0) is 9.59 Å². The molecule has 0 bridgehead atoms. The second-order valence-corrected chi connectivity index (χ2v) is 8.61. The molecule has 1 aromatic heterocycles. The number of aliphatic hydroxyl groups is 1. The highest BCUT2D eigenvalue weighted by Crippen LogP contribution is 2.43. The number of hydrogen-bond acceptors (Lipinski definition) is 4. The SMILES string of the molecule is Cc1cc(/C(O)=C2\C(=O)C(=O)N(c3cc(Cl)ccc3C)C2c2ccccn2)ccc1Br. The van der Waals surface area contributed by atoms with Gasteiger partial charge in [-0.25, -0.2) is 0 Å². The van der Waals surface area contributed by atoms with E-state index in [-0.39, 0.29) is 11.3 Å². The van der Waals surface area contributed by atoms with Crippen molar-refractivity contribution in [1.29, 1.82) is 0 Å². The summed E-state index contributed by atoms with van der Waals surface area (Å²) in [5.41, 5.74) is 3.06. The maximum absolute atomic E-state index is 13.2. The first-order valence-corrected chi connectivity index (χ1v) is 10.7. The molecular weight excluding hydrogens is 480 g/mol. The van der Waals surface area contributed by atoms with E-state index in [2.05, 4.69) is 20.9 Å². The minimum absolute atomic E-state index is 0.00945. The zero-order valence-corrected chi connectivity index (χ0v) is 19.1. The van der Waals surface area contributed by atoms with E-state index in [1.54, 1.807) is 60.8 Å². The number of rotatable bonds is 3. The normalized spacial score (nSPS) is 17.9. The van der Waals surface area contributed by atoms with Crippen molar-refractivity contribution < 1.29 is 14.7 Å². The van der Waals surface area contributed by atoms with Crippen LogP contribution in [0.4, 0.5) is 5.69 Å². The van der Waals surface area contributed by atoms with Crippen LogP contribution in [0.25, 0.3) is 5.76 Å². The van der Waals surface area contributed by atoms with Gasteiger partial charge in [-0.15, -0.1) is 0 Å². The minimum atomic E-state index is -0.887. The molecule has 2 aromatic carbocycles. The van der Waals surface area contributed by atoms with E-state index in [9.17, 15) is 14.7 Å². The largest absolute Gasteiger partial charge is 0.507 e. The number of aliphatic hydroxyl groups excluding tert-OH is 1. The van der Waals surface area contributed by atoms with E-state index in [1.807, 2.05) is 13.8 Å². The zero-order valence-electron chi connectivity index (χ0n) is 16.8. The lowest BCUT2D eigenvalue weighted by Crippen LogP contribution is -2.30. The first kappa shape index (κ1) is 21.3. The van der Waals surface area contributed by atoms with Gasteiger partial charge in [0.25, 0.3) is 11.7 Å². The number of aromatic nitrogens is 1. The number of Topliss-reactive ketones (excluding diaryl/α,β-unsaturated/α-hetero) is 1. The summed E-state index contributed by atoms with van der Waals surface area (Å²) in [6.07, 6.45) is 1.59. The molecule has 5 nitrogen and oxygen atoms in total. The molecule has 31 heavy (non-hydrogen) atoms. The fourth-order valence-electron chi connectivity index (χ4n) is 3.69. The summed E-state index contributed by atoms with van der Waals surface area (Å²) in [5, 5.41) is 11.6. The first-order valence-electron chi connectivity index (χ1n) is 9.54. The van der Waals surface area contributed by atoms with Crippen molar-refractivity contribution in [3.8, 4) is 0 Å². The maximum Gasteiger partial charge on any atom is 0.300 e. The van der Waals surface area contributed by atoms with Crippen LogP contribution in [0.1, 0.15) is 28.4 Å². The molecular formula is C24H18BrClN2O3. The Labute approximate surface area is 193 Å². The van der Waals surface area contributed by atoms with Gasteiger partial charge in [-0.1, -0.05) is 45.7 Å². The van der Waals surface area contributed by atoms with Crippen LogP contribution in [0.15, 0.2) is 70.8 Å². The molecule has 1 amide bonds. The topological polar surface area (TPSA) is 70.5 Å². The molecule has 1 fully saturated rings. The molecule has 0 aliphatic carbocycles. The van der Waals surface area contributed by atoms with Gasteiger partial charge in [0, 0.05) is 26.9 Å². The third-order valence-corrected chi connectivity index (χ3v) is 6.40.